The Bertz CT molecular complexity index is 1700. The van der Waals surface area contributed by atoms with E-state index in [1.54, 1.807) is 24.4 Å². The van der Waals surface area contributed by atoms with Gasteiger partial charge in [-0.15, -0.1) is 0 Å². The number of pyridine rings is 2. The van der Waals surface area contributed by atoms with Crippen LogP contribution in [0.4, 0.5) is 0 Å². The smallest absolute Gasteiger partial charge is 0.423 e. The summed E-state index contributed by atoms with van der Waals surface area (Å²) < 4.78 is 0. The Labute approximate surface area is 253 Å². The summed E-state index contributed by atoms with van der Waals surface area (Å²) in [5, 5.41) is 18.2. The summed E-state index contributed by atoms with van der Waals surface area (Å²) >= 11 is 5.85. The van der Waals surface area contributed by atoms with Crippen molar-refractivity contribution in [2.45, 2.75) is 13.8 Å². The van der Waals surface area contributed by atoms with Crippen molar-refractivity contribution < 1.29 is 10.0 Å². The first-order valence-electron chi connectivity index (χ1n) is 13.6. The van der Waals surface area contributed by atoms with Gasteiger partial charge >= 0.3 is 7.12 Å². The van der Waals surface area contributed by atoms with Crippen molar-refractivity contribution in [1.82, 2.24) is 9.97 Å². The number of halogens is 1. The van der Waals surface area contributed by atoms with E-state index in [9.17, 15) is 0 Å². The molecule has 208 valence electrons. The average Bonchev–Trinajstić information content (AvgIpc) is 3.03. The zero-order valence-electron chi connectivity index (χ0n) is 23.6. The van der Waals surface area contributed by atoms with E-state index in [4.69, 9.17) is 21.6 Å². The zero-order valence-corrected chi connectivity index (χ0v) is 24.4. The van der Waals surface area contributed by atoms with Crippen LogP contribution in [0.5, 0.6) is 0 Å². The lowest BCUT2D eigenvalue weighted by Crippen LogP contribution is -2.31. The molecular formula is C36H32BClN2O2. The van der Waals surface area contributed by atoms with E-state index in [0.717, 1.165) is 28.1 Å². The third kappa shape index (κ3) is 8.73. The summed E-state index contributed by atoms with van der Waals surface area (Å²) in [6.07, 6.45) is 3.59. The van der Waals surface area contributed by atoms with Crippen molar-refractivity contribution in [3.05, 3.63) is 162 Å². The first-order chi connectivity index (χ1) is 20.4. The first kappa shape index (κ1) is 30.4. The fourth-order valence-electron chi connectivity index (χ4n) is 4.31. The molecule has 42 heavy (non-hydrogen) atoms. The maximum atomic E-state index is 8.76. The van der Waals surface area contributed by atoms with Gasteiger partial charge in [0.05, 0.1) is 11.4 Å². The number of rotatable bonds is 4. The predicted octanol–water partition coefficient (Wildman–Crippen LogP) is 7.80. The number of aryl methyl sites for hydroxylation is 2. The number of aromatic nitrogens is 2. The topological polar surface area (TPSA) is 66.2 Å². The van der Waals surface area contributed by atoms with Crippen LogP contribution in [0, 0.1) is 13.8 Å². The standard InChI is InChI=1S/C18H15N.C11H8ClN.C7H9BO2/c1-14-7-5-6-10-17(14)16-11-12-19-18(13-16)15-8-3-2-4-9-15;12-10-6-7-13-11(8-10)9-4-2-1-3-5-9;1-6-4-2-3-5-7(6)8(9)10/h2-13H,1H3;1-8H;2-5,9-10H,1H3. The average molecular weight is 571 g/mol. The molecule has 6 aromatic rings. The van der Waals surface area contributed by atoms with E-state index in [0.29, 0.717) is 10.5 Å². The van der Waals surface area contributed by atoms with E-state index in [1.807, 2.05) is 79.9 Å². The molecule has 6 heteroatoms. The quantitative estimate of drug-likeness (QED) is 0.212. The fourth-order valence-corrected chi connectivity index (χ4v) is 4.47. The van der Waals surface area contributed by atoms with Crippen LogP contribution in [0.1, 0.15) is 11.1 Å². The minimum Gasteiger partial charge on any atom is -0.423 e. The molecule has 4 aromatic carbocycles. The molecule has 0 saturated heterocycles. The van der Waals surface area contributed by atoms with Crippen LogP contribution in [-0.4, -0.2) is 27.1 Å². The highest BCUT2D eigenvalue weighted by Gasteiger charge is 2.11. The first-order valence-corrected chi connectivity index (χ1v) is 14.0. The molecule has 2 aromatic heterocycles. The molecule has 0 atom stereocenters. The van der Waals surface area contributed by atoms with Crippen LogP contribution in [-0.2, 0) is 0 Å². The number of hydrogen-bond donors (Lipinski definition) is 2. The molecule has 2 heterocycles. The maximum absolute atomic E-state index is 8.76. The van der Waals surface area contributed by atoms with Gasteiger partial charge in [0.15, 0.2) is 0 Å². The molecule has 0 spiro atoms. The molecule has 6 rings (SSSR count). The van der Waals surface area contributed by atoms with Crippen LogP contribution < -0.4 is 5.46 Å². The Hall–Kier alpha value is -4.55. The second kappa shape index (κ2) is 15.5. The number of benzene rings is 4. The van der Waals surface area contributed by atoms with Crippen molar-refractivity contribution >= 4 is 24.2 Å². The minimum absolute atomic E-state index is 0.572. The monoisotopic (exact) mass is 570 g/mol. The van der Waals surface area contributed by atoms with Crippen LogP contribution in [0.3, 0.4) is 0 Å². The van der Waals surface area contributed by atoms with Crippen molar-refractivity contribution in [2.75, 3.05) is 0 Å². The summed E-state index contributed by atoms with van der Waals surface area (Å²) in [6, 6.07) is 43.7. The van der Waals surface area contributed by atoms with Gasteiger partial charge in [-0.05, 0) is 60.3 Å². The molecule has 0 aliphatic rings. The van der Waals surface area contributed by atoms with Gasteiger partial charge in [0.2, 0.25) is 0 Å². The number of hydrogen-bond acceptors (Lipinski definition) is 4. The van der Waals surface area contributed by atoms with Crippen LogP contribution in [0.2, 0.25) is 5.02 Å². The van der Waals surface area contributed by atoms with Gasteiger partial charge in [0.25, 0.3) is 0 Å². The maximum Gasteiger partial charge on any atom is 0.488 e. The van der Waals surface area contributed by atoms with Gasteiger partial charge in [-0.1, -0.05) is 126 Å². The molecule has 0 unspecified atom stereocenters. The van der Waals surface area contributed by atoms with Crippen molar-refractivity contribution in [1.29, 1.82) is 0 Å². The molecule has 0 aliphatic heterocycles. The van der Waals surface area contributed by atoms with Gasteiger partial charge in [-0.25, -0.2) is 0 Å². The minimum atomic E-state index is -1.35. The Morgan fingerprint density at radius 3 is 1.55 bits per heavy atom. The molecule has 0 aliphatic carbocycles. The molecule has 4 nitrogen and oxygen atoms in total. The lowest BCUT2D eigenvalue weighted by atomic mass is 9.77. The van der Waals surface area contributed by atoms with Gasteiger partial charge in [0.1, 0.15) is 0 Å². The lowest BCUT2D eigenvalue weighted by Gasteiger charge is -2.07. The molecule has 0 saturated carbocycles. The highest BCUT2D eigenvalue weighted by molar-refractivity contribution is 6.59. The predicted molar refractivity (Wildman–Crippen MR) is 176 cm³/mol. The second-order valence-corrected chi connectivity index (χ2v) is 10.0. The SMILES string of the molecule is Cc1ccccc1-c1ccnc(-c2ccccc2)c1.Cc1ccccc1B(O)O.Clc1ccnc(-c2ccccc2)c1. The second-order valence-electron chi connectivity index (χ2n) is 9.57. The normalized spacial score (nSPS) is 10.0. The van der Waals surface area contributed by atoms with Crippen LogP contribution in [0.25, 0.3) is 33.6 Å². The third-order valence-electron chi connectivity index (χ3n) is 6.54. The van der Waals surface area contributed by atoms with Crippen molar-refractivity contribution in [2.24, 2.45) is 0 Å². The Morgan fingerprint density at radius 1 is 0.524 bits per heavy atom. The van der Waals surface area contributed by atoms with E-state index in [-0.39, 0.29) is 0 Å². The van der Waals surface area contributed by atoms with E-state index < -0.39 is 7.12 Å². The summed E-state index contributed by atoms with van der Waals surface area (Å²) in [5.41, 5.74) is 9.40. The molecule has 0 bridgehead atoms. The van der Waals surface area contributed by atoms with Gasteiger partial charge in [0, 0.05) is 28.5 Å². The Morgan fingerprint density at radius 2 is 1.02 bits per heavy atom. The molecule has 0 amide bonds. The zero-order chi connectivity index (χ0) is 29.7. The summed E-state index contributed by atoms with van der Waals surface area (Å²) in [7, 11) is -1.35. The molecule has 0 radical (unpaired) electrons. The largest absolute Gasteiger partial charge is 0.488 e. The molecule has 2 N–H and O–H groups in total. The highest BCUT2D eigenvalue weighted by Crippen LogP contribution is 2.26. The van der Waals surface area contributed by atoms with E-state index >= 15 is 0 Å². The molecule has 0 fully saturated rings. The number of nitrogens with zero attached hydrogens (tertiary/aromatic N) is 2. The van der Waals surface area contributed by atoms with Gasteiger partial charge < -0.3 is 10.0 Å². The van der Waals surface area contributed by atoms with Crippen molar-refractivity contribution in [3.8, 4) is 33.6 Å². The van der Waals surface area contributed by atoms with Crippen molar-refractivity contribution in [3.63, 3.8) is 0 Å². The Balaban J connectivity index is 0.000000154. The highest BCUT2D eigenvalue weighted by atomic mass is 35.5. The fraction of sp³-hybridized carbons (Fsp3) is 0.0556. The third-order valence-corrected chi connectivity index (χ3v) is 6.78. The van der Waals surface area contributed by atoms with E-state index in [1.165, 1.54) is 16.7 Å². The Kier molecular flexibility index (Phi) is 11.2. The summed E-state index contributed by atoms with van der Waals surface area (Å²) in [4.78, 5) is 8.69. The van der Waals surface area contributed by atoms with Crippen LogP contribution in [0.15, 0.2) is 146 Å². The van der Waals surface area contributed by atoms with Crippen LogP contribution >= 0.6 is 11.6 Å². The molecular weight excluding hydrogens is 539 g/mol. The van der Waals surface area contributed by atoms with E-state index in [2.05, 4.69) is 65.4 Å². The summed E-state index contributed by atoms with van der Waals surface area (Å²) in [6.45, 7) is 3.98. The van der Waals surface area contributed by atoms with Gasteiger partial charge in [-0.2, -0.15) is 0 Å². The lowest BCUT2D eigenvalue weighted by molar-refractivity contribution is 0.425. The summed E-state index contributed by atoms with van der Waals surface area (Å²) in [5.74, 6) is 0. The van der Waals surface area contributed by atoms with Gasteiger partial charge in [-0.3, -0.25) is 9.97 Å².